The Labute approximate surface area is 802 Å². The molecule has 0 unspecified atom stereocenters. The van der Waals surface area contributed by atoms with Gasteiger partial charge in [0.25, 0.3) is 0 Å². The Morgan fingerprint density at radius 1 is 0.211 bits per heavy atom. The Balaban J connectivity index is 0.000000127. The number of pyridine rings is 3. The summed E-state index contributed by atoms with van der Waals surface area (Å²) >= 11 is 0. The number of nitrogens with zero attached hydrogens (tertiary/aromatic N) is 16. The van der Waals surface area contributed by atoms with Gasteiger partial charge in [-0.3, -0.25) is 4.98 Å². The number of rotatable bonds is 11. The SMILES string of the molecule is [C-]#[N+]c1ccc(-c2nc3c(-c4c(F)c(F)c(F)c(F)c4F)cc4c(-c5ccccc5)nc5ccccc5c4c3nc2-c2ccc(C#N)cc2)cc1.[C-]#[N+]c1ccc(-c2nc3c(-c4cc(F)c(F)c(F)c4)cc4c(-c5ccccc5)nc5ccccc5c4c3nc2-c2ccc(C#N)cc2)cc1.[C-]#[N+]c1ccc(-c2nc3c([N+]#[C-])cc4c(-c5ccccc5)nc5ccccc5c4c3nc2-c2ccc(C#N)cc2)cc1. The molecule has 0 amide bonds. The second kappa shape index (κ2) is 36.8. The number of benzene rings is 17. The predicted octanol–water partition coefficient (Wildman–Crippen LogP) is 31.3. The minimum absolute atomic E-state index is 0.0743. The molecule has 23 rings (SSSR count). The fourth-order valence-corrected chi connectivity index (χ4v) is 17.8. The number of halogens is 8. The maximum Gasteiger partial charge on any atom is 0.215 e. The molecule has 23 aromatic rings. The van der Waals surface area contributed by atoms with Gasteiger partial charge in [-0.05, 0) is 107 Å². The molecule has 0 aliphatic heterocycles. The lowest BCUT2D eigenvalue weighted by molar-refractivity contribution is 0.381. The first-order valence-electron chi connectivity index (χ1n) is 43.8. The van der Waals surface area contributed by atoms with Crippen LogP contribution in [0.15, 0.2) is 340 Å². The van der Waals surface area contributed by atoms with Gasteiger partial charge in [-0.15, -0.1) is 0 Å². The number of hydrogen-bond acceptors (Lipinski definition) is 12. The maximum atomic E-state index is 15.8. The van der Waals surface area contributed by atoms with E-state index < -0.39 is 57.7 Å². The molecule has 664 valence electrons. The normalized spacial score (nSPS) is 11.0. The van der Waals surface area contributed by atoms with Gasteiger partial charge in [-0.2, -0.15) is 15.8 Å². The molecule has 17 aromatic carbocycles. The van der Waals surface area contributed by atoms with Gasteiger partial charge in [-0.25, -0.2) is 94.4 Å². The Morgan fingerprint density at radius 2 is 0.472 bits per heavy atom. The van der Waals surface area contributed by atoms with Crippen LogP contribution in [0.3, 0.4) is 0 Å². The first kappa shape index (κ1) is 88.2. The third-order valence-corrected chi connectivity index (χ3v) is 24.5. The van der Waals surface area contributed by atoms with E-state index in [4.69, 9.17) is 71.1 Å². The summed E-state index contributed by atoms with van der Waals surface area (Å²) in [5.74, 6) is -14.8. The van der Waals surface area contributed by atoms with E-state index in [1.807, 2.05) is 146 Å². The van der Waals surface area contributed by atoms with Crippen LogP contribution < -0.4 is 0 Å². The first-order valence-corrected chi connectivity index (χ1v) is 43.8. The van der Waals surface area contributed by atoms with Gasteiger partial charge in [0.1, 0.15) is 0 Å². The molecule has 0 saturated carbocycles. The van der Waals surface area contributed by atoms with Crippen molar-refractivity contribution in [2.75, 3.05) is 0 Å². The van der Waals surface area contributed by atoms with Crippen molar-refractivity contribution in [3.05, 3.63) is 449 Å². The number of nitriles is 3. The summed E-state index contributed by atoms with van der Waals surface area (Å²) in [7, 11) is 0. The fraction of sp³-hybridized carbons (Fsp3) is 0. The average molecular weight is 1850 g/mol. The van der Waals surface area contributed by atoms with Gasteiger partial charge in [0, 0.05) is 93.0 Å². The van der Waals surface area contributed by atoms with Gasteiger partial charge < -0.3 is 0 Å². The van der Waals surface area contributed by atoms with E-state index >= 15 is 8.78 Å². The molecule has 0 aliphatic carbocycles. The number of fused-ring (bicyclic) bond motifs is 15. The molecular weight excluding hydrogens is 1790 g/mol. The molecule has 24 heteroatoms. The molecule has 142 heavy (non-hydrogen) atoms. The maximum absolute atomic E-state index is 15.8. The first-order chi connectivity index (χ1) is 69.4. The molecule has 0 aliphatic rings. The molecule has 6 aromatic heterocycles. The highest BCUT2D eigenvalue weighted by Crippen LogP contribution is 2.50. The molecule has 0 saturated heterocycles. The second-order valence-electron chi connectivity index (χ2n) is 32.8. The highest BCUT2D eigenvalue weighted by atomic mass is 19.2. The van der Waals surface area contributed by atoms with Crippen molar-refractivity contribution in [1.29, 1.82) is 15.8 Å². The van der Waals surface area contributed by atoms with Crippen LogP contribution in [0.5, 0.6) is 0 Å². The zero-order valence-electron chi connectivity index (χ0n) is 73.5. The summed E-state index contributed by atoms with van der Waals surface area (Å²) in [4.78, 5) is 60.2. The van der Waals surface area contributed by atoms with Gasteiger partial charge in [0.05, 0.1) is 168 Å². The minimum Gasteiger partial charge on any atom is -0.255 e. The molecular formula is C118H56F8N16. The van der Waals surface area contributed by atoms with Crippen molar-refractivity contribution in [3.63, 3.8) is 0 Å². The van der Waals surface area contributed by atoms with Crippen LogP contribution in [-0.4, -0.2) is 44.9 Å². The standard InChI is InChI=1S/C41H18F5N5.C41H20F3N5.C36H18N6/c1-48-25-17-15-24(16-18-25)38-39(23-13-11-21(20-47)12-14-23)51-41-30-26-9-5-6-10-29(26)49-37(22-7-3-2-4-8-22)27(30)19-28(40(41)50-38)31-32(42)34(44)36(46)35(45)33(31)43;1-46-28-17-15-26(16-18-28)38-39(25-13-11-23(22-45)12-14-25)49-41-35-29-9-5-6-10-34(29)47-37(24-7-3-2-4-8-24)31(35)21-30(40(41)48-38)27-19-32(42)36(44)33(43)20-27;1-38-26-18-16-25(17-19-26)33-34(24-14-12-22(21-37)13-15-24)42-36-31-27-10-6-7-11-29(27)40-32(23-8-4-3-5-9-23)28(31)20-30(39-2)35(36)41-33/h2-19H;2-21H;3-20H. The van der Waals surface area contributed by atoms with E-state index in [-0.39, 0.29) is 22.3 Å². The predicted molar refractivity (Wildman–Crippen MR) is 536 cm³/mol. The van der Waals surface area contributed by atoms with Crippen LogP contribution in [0.25, 0.3) is 241 Å². The van der Waals surface area contributed by atoms with Crippen LogP contribution in [-0.2, 0) is 0 Å². The van der Waals surface area contributed by atoms with Crippen LogP contribution in [0.1, 0.15) is 16.7 Å². The zero-order chi connectivity index (χ0) is 97.7. The van der Waals surface area contributed by atoms with Crippen molar-refractivity contribution >= 4 is 121 Å². The van der Waals surface area contributed by atoms with Gasteiger partial charge in [0.2, 0.25) is 11.5 Å². The smallest absolute Gasteiger partial charge is 0.215 e. The lowest BCUT2D eigenvalue weighted by atomic mass is 9.92. The van der Waals surface area contributed by atoms with Crippen molar-refractivity contribution < 1.29 is 35.1 Å². The molecule has 0 atom stereocenters. The molecule has 6 heterocycles. The van der Waals surface area contributed by atoms with Crippen molar-refractivity contribution in [2.45, 2.75) is 0 Å². The fourth-order valence-electron chi connectivity index (χ4n) is 17.8. The molecule has 0 N–H and O–H groups in total. The highest BCUT2D eigenvalue weighted by Gasteiger charge is 2.33. The summed E-state index contributed by atoms with van der Waals surface area (Å²) in [6.07, 6.45) is 0. The van der Waals surface area contributed by atoms with Crippen molar-refractivity contribution in [3.8, 4) is 142 Å². The van der Waals surface area contributed by atoms with Crippen molar-refractivity contribution in [1.82, 2.24) is 44.9 Å². The lowest BCUT2D eigenvalue weighted by Crippen LogP contribution is -2.06. The van der Waals surface area contributed by atoms with E-state index in [1.165, 1.54) is 6.07 Å². The van der Waals surface area contributed by atoms with Crippen LogP contribution in [0, 0.1) is 107 Å². The van der Waals surface area contributed by atoms with Crippen LogP contribution in [0.4, 0.5) is 57.9 Å². The summed E-state index contributed by atoms with van der Waals surface area (Å²) in [6, 6.07) is 106. The monoisotopic (exact) mass is 1850 g/mol. The van der Waals surface area contributed by atoms with Gasteiger partial charge in [-0.1, -0.05) is 255 Å². The summed E-state index contributed by atoms with van der Waals surface area (Å²) in [5.41, 5.74) is 16.6. The number of hydrogen-bond donors (Lipinski definition) is 0. The van der Waals surface area contributed by atoms with Crippen LogP contribution in [0.2, 0.25) is 0 Å². The van der Waals surface area contributed by atoms with Crippen molar-refractivity contribution in [2.24, 2.45) is 0 Å². The molecule has 0 fully saturated rings. The third-order valence-electron chi connectivity index (χ3n) is 24.5. The summed E-state index contributed by atoms with van der Waals surface area (Å²) in [5, 5.41) is 34.5. The van der Waals surface area contributed by atoms with Gasteiger partial charge >= 0.3 is 0 Å². The Bertz CT molecular complexity index is 9510. The third kappa shape index (κ3) is 15.8. The summed E-state index contributed by atoms with van der Waals surface area (Å²) < 4.78 is 120. The Morgan fingerprint density at radius 3 is 0.789 bits per heavy atom. The van der Waals surface area contributed by atoms with Crippen LogP contribution >= 0.6 is 0 Å². The Kier molecular flexibility index (Phi) is 22.9. The van der Waals surface area contributed by atoms with E-state index in [1.54, 1.807) is 176 Å². The molecule has 0 bridgehead atoms. The van der Waals surface area contributed by atoms with Gasteiger partial charge in [0.15, 0.2) is 57.8 Å². The highest BCUT2D eigenvalue weighted by molar-refractivity contribution is 6.27. The van der Waals surface area contributed by atoms with E-state index in [2.05, 4.69) is 37.6 Å². The Hall–Kier alpha value is -20.4. The molecule has 0 spiro atoms. The topological polar surface area (TPSA) is 205 Å². The lowest BCUT2D eigenvalue weighted by Gasteiger charge is -2.18. The number of para-hydroxylation sites is 3. The quantitative estimate of drug-likeness (QED) is 0.0390. The van der Waals surface area contributed by atoms with E-state index in [9.17, 15) is 42.1 Å². The largest absolute Gasteiger partial charge is 0.255 e. The van der Waals surface area contributed by atoms with E-state index in [0.717, 1.165) is 72.5 Å². The zero-order valence-corrected chi connectivity index (χ0v) is 73.5. The number of aromatic nitrogens is 9. The minimum atomic E-state index is -2.29. The second-order valence-corrected chi connectivity index (χ2v) is 32.8. The van der Waals surface area contributed by atoms with E-state index in [0.29, 0.717) is 167 Å². The average Bonchev–Trinajstić information content (AvgIpc) is 0.723. The molecule has 16 nitrogen and oxygen atoms in total. The summed E-state index contributed by atoms with van der Waals surface area (Å²) in [6.45, 7) is 30.3. The molecule has 0 radical (unpaired) electrons.